The van der Waals surface area contributed by atoms with E-state index in [-0.39, 0.29) is 6.42 Å². The second-order valence-electron chi connectivity index (χ2n) is 13.3. The Labute approximate surface area is 278 Å². The molecule has 5 N–H and O–H groups in total. The molecule has 0 spiro atoms. The van der Waals surface area contributed by atoms with Crippen LogP contribution < -0.4 is 5.32 Å². The summed E-state index contributed by atoms with van der Waals surface area (Å²) in [6.07, 6.45) is 36.6. The van der Waals surface area contributed by atoms with Crippen molar-refractivity contribution in [2.24, 2.45) is 0 Å². The van der Waals surface area contributed by atoms with E-state index in [2.05, 4.69) is 37.4 Å². The van der Waals surface area contributed by atoms with E-state index in [1.165, 1.54) is 122 Å². The molecule has 0 bridgehead atoms. The van der Waals surface area contributed by atoms with E-state index < -0.39 is 36.9 Å². The van der Waals surface area contributed by atoms with Crippen molar-refractivity contribution in [3.63, 3.8) is 0 Å². The molecule has 0 radical (unpaired) electrons. The van der Waals surface area contributed by atoms with Gasteiger partial charge in [-0.25, -0.2) is 0 Å². The summed E-state index contributed by atoms with van der Waals surface area (Å²) in [5.74, 6) is -0.631. The lowest BCUT2D eigenvalue weighted by molar-refractivity contribution is -0.132. The normalized spacial score (nSPS) is 14.7. The van der Waals surface area contributed by atoms with Gasteiger partial charge in [0.05, 0.1) is 18.8 Å². The van der Waals surface area contributed by atoms with Crippen LogP contribution in [0.2, 0.25) is 0 Å². The minimum absolute atomic E-state index is 0.278. The van der Waals surface area contributed by atoms with E-state index in [0.29, 0.717) is 19.3 Å². The molecule has 4 atom stereocenters. The van der Waals surface area contributed by atoms with Crippen molar-refractivity contribution in [3.05, 3.63) is 24.3 Å². The van der Waals surface area contributed by atoms with E-state index >= 15 is 0 Å². The van der Waals surface area contributed by atoms with Crippen LogP contribution in [0.15, 0.2) is 24.3 Å². The smallest absolute Gasteiger partial charge is 0.249 e. The number of hydrogen-bond acceptors (Lipinski definition) is 5. The first-order valence-electron chi connectivity index (χ1n) is 19.2. The number of aliphatic hydroxyl groups excluding tert-OH is 4. The minimum atomic E-state index is -1.29. The van der Waals surface area contributed by atoms with E-state index in [9.17, 15) is 25.2 Å². The average molecular weight is 638 g/mol. The van der Waals surface area contributed by atoms with E-state index in [0.717, 1.165) is 25.7 Å². The maximum absolute atomic E-state index is 12.3. The molecule has 4 unspecified atom stereocenters. The molecule has 0 saturated carbocycles. The predicted molar refractivity (Wildman–Crippen MR) is 191 cm³/mol. The van der Waals surface area contributed by atoms with Gasteiger partial charge in [-0.15, -0.1) is 0 Å². The van der Waals surface area contributed by atoms with Crippen LogP contribution in [-0.2, 0) is 4.79 Å². The van der Waals surface area contributed by atoms with Gasteiger partial charge in [0.2, 0.25) is 5.91 Å². The van der Waals surface area contributed by atoms with Crippen molar-refractivity contribution in [2.75, 3.05) is 6.61 Å². The zero-order valence-corrected chi connectivity index (χ0v) is 29.6. The molecule has 0 saturated heterocycles. The van der Waals surface area contributed by atoms with Crippen molar-refractivity contribution >= 4 is 5.91 Å². The molecule has 0 aliphatic heterocycles. The van der Waals surface area contributed by atoms with Crippen LogP contribution in [-0.4, -0.2) is 57.3 Å². The molecule has 0 aromatic heterocycles. The standard InChI is InChI=1S/C39H75NO5/c1-3-5-7-9-11-13-14-15-16-17-18-19-20-21-22-23-24-25-27-28-30-32-36(42)38(44)35(34-41)40-39(45)37(43)33-31-29-26-12-10-8-6-4-2/h25-27,29,35-38,41-44H,3-24,28,30-34H2,1-2H3,(H,40,45)/b27-25+,29-26-. The molecule has 6 nitrogen and oxygen atoms in total. The van der Waals surface area contributed by atoms with Gasteiger partial charge in [0.1, 0.15) is 12.2 Å². The highest BCUT2D eigenvalue weighted by molar-refractivity contribution is 5.80. The third kappa shape index (κ3) is 28.7. The second kappa shape index (κ2) is 34.1. The first-order valence-corrected chi connectivity index (χ1v) is 19.2. The van der Waals surface area contributed by atoms with E-state index in [4.69, 9.17) is 0 Å². The van der Waals surface area contributed by atoms with E-state index in [1.807, 2.05) is 6.08 Å². The Morgan fingerprint density at radius 3 is 1.36 bits per heavy atom. The van der Waals surface area contributed by atoms with Gasteiger partial charge in [0.15, 0.2) is 0 Å². The maximum Gasteiger partial charge on any atom is 0.249 e. The molecular formula is C39H75NO5. The van der Waals surface area contributed by atoms with Crippen LogP contribution >= 0.6 is 0 Å². The Kier molecular flexibility index (Phi) is 33.2. The number of hydrogen-bond donors (Lipinski definition) is 5. The molecule has 0 aliphatic carbocycles. The summed E-state index contributed by atoms with van der Waals surface area (Å²) in [5, 5.41) is 43.2. The van der Waals surface area contributed by atoms with Crippen LogP contribution in [0.4, 0.5) is 0 Å². The van der Waals surface area contributed by atoms with Crippen molar-refractivity contribution in [1.82, 2.24) is 5.32 Å². The maximum atomic E-state index is 12.3. The molecule has 0 aliphatic rings. The monoisotopic (exact) mass is 638 g/mol. The van der Waals surface area contributed by atoms with Crippen molar-refractivity contribution in [3.8, 4) is 0 Å². The molecule has 6 heteroatoms. The summed E-state index contributed by atoms with van der Waals surface area (Å²) >= 11 is 0. The number of unbranched alkanes of at least 4 members (excludes halogenated alkanes) is 21. The Morgan fingerprint density at radius 1 is 0.533 bits per heavy atom. The lowest BCUT2D eigenvalue weighted by atomic mass is 10.00. The zero-order chi connectivity index (χ0) is 33.2. The fraction of sp³-hybridized carbons (Fsp3) is 0.872. The van der Waals surface area contributed by atoms with Gasteiger partial charge in [-0.05, 0) is 57.8 Å². The molecule has 266 valence electrons. The average Bonchev–Trinajstić information content (AvgIpc) is 3.04. The van der Waals surface area contributed by atoms with Crippen LogP contribution in [0.25, 0.3) is 0 Å². The van der Waals surface area contributed by atoms with Gasteiger partial charge in [0, 0.05) is 0 Å². The summed E-state index contributed by atoms with van der Waals surface area (Å²) < 4.78 is 0. The van der Waals surface area contributed by atoms with Gasteiger partial charge in [-0.2, -0.15) is 0 Å². The van der Waals surface area contributed by atoms with Crippen LogP contribution in [0.3, 0.4) is 0 Å². The summed E-state index contributed by atoms with van der Waals surface area (Å²) in [4.78, 5) is 12.3. The molecule has 0 rings (SSSR count). The fourth-order valence-corrected chi connectivity index (χ4v) is 5.76. The lowest BCUT2D eigenvalue weighted by Crippen LogP contribution is -2.53. The molecule has 0 aromatic carbocycles. The number of allylic oxidation sites excluding steroid dienone is 4. The Morgan fingerprint density at radius 2 is 0.911 bits per heavy atom. The Balaban J connectivity index is 3.77. The van der Waals surface area contributed by atoms with Crippen molar-refractivity contribution in [2.45, 2.75) is 212 Å². The third-order valence-corrected chi connectivity index (χ3v) is 8.89. The highest BCUT2D eigenvalue weighted by atomic mass is 16.3. The van der Waals surface area contributed by atoms with Gasteiger partial charge in [-0.3, -0.25) is 4.79 Å². The quantitative estimate of drug-likeness (QED) is 0.0357. The number of carbonyl (C=O) groups is 1. The Hall–Kier alpha value is -1.21. The van der Waals surface area contributed by atoms with Crippen molar-refractivity contribution in [1.29, 1.82) is 0 Å². The molecular weight excluding hydrogens is 562 g/mol. The van der Waals surface area contributed by atoms with Crippen molar-refractivity contribution < 1.29 is 25.2 Å². The predicted octanol–water partition coefficient (Wildman–Crippen LogP) is 9.23. The first-order chi connectivity index (χ1) is 22.0. The highest BCUT2D eigenvalue weighted by Crippen LogP contribution is 2.15. The zero-order valence-electron chi connectivity index (χ0n) is 29.6. The first kappa shape index (κ1) is 43.8. The number of aliphatic hydroxyl groups is 4. The molecule has 0 heterocycles. The van der Waals surface area contributed by atoms with Gasteiger partial charge in [-0.1, -0.05) is 154 Å². The number of rotatable bonds is 34. The van der Waals surface area contributed by atoms with Gasteiger partial charge in [0.25, 0.3) is 0 Å². The number of carbonyl (C=O) groups excluding carboxylic acids is 1. The lowest BCUT2D eigenvalue weighted by Gasteiger charge is -2.27. The van der Waals surface area contributed by atoms with Crippen LogP contribution in [0, 0.1) is 0 Å². The molecule has 1 amide bonds. The largest absolute Gasteiger partial charge is 0.394 e. The molecule has 0 fully saturated rings. The number of amides is 1. The second-order valence-corrected chi connectivity index (χ2v) is 13.3. The Bertz CT molecular complexity index is 682. The summed E-state index contributed by atoms with van der Waals surface area (Å²) in [7, 11) is 0. The fourth-order valence-electron chi connectivity index (χ4n) is 5.76. The number of nitrogens with one attached hydrogen (secondary N) is 1. The van der Waals surface area contributed by atoms with E-state index in [1.54, 1.807) is 0 Å². The van der Waals surface area contributed by atoms with Crippen LogP contribution in [0.5, 0.6) is 0 Å². The topological polar surface area (TPSA) is 110 Å². The van der Waals surface area contributed by atoms with Gasteiger partial charge < -0.3 is 25.7 Å². The highest BCUT2D eigenvalue weighted by Gasteiger charge is 2.28. The summed E-state index contributed by atoms with van der Waals surface area (Å²) in [6.45, 7) is 3.96. The molecule has 0 aromatic rings. The SMILES string of the molecule is CCCCCC/C=C\CCC(O)C(=O)NC(CO)C(O)C(O)CCC/C=C/CCCCCCCCCCCCCCCCCC. The summed E-state index contributed by atoms with van der Waals surface area (Å²) in [5.41, 5.74) is 0. The van der Waals surface area contributed by atoms with Crippen LogP contribution in [0.1, 0.15) is 187 Å². The molecule has 45 heavy (non-hydrogen) atoms. The summed E-state index contributed by atoms with van der Waals surface area (Å²) in [6, 6.07) is -1.01. The minimum Gasteiger partial charge on any atom is -0.394 e. The van der Waals surface area contributed by atoms with Gasteiger partial charge >= 0.3 is 0 Å². The third-order valence-electron chi connectivity index (χ3n) is 8.89.